The lowest BCUT2D eigenvalue weighted by molar-refractivity contribution is 0.335. The highest BCUT2D eigenvalue weighted by atomic mass is 16.5. The average molecular weight is 354 g/mol. The lowest BCUT2D eigenvalue weighted by Crippen LogP contribution is -2.00. The molecule has 0 saturated carbocycles. The predicted molar refractivity (Wildman–Crippen MR) is 106 cm³/mol. The molecule has 0 bridgehead atoms. The summed E-state index contributed by atoms with van der Waals surface area (Å²) >= 11 is 0. The van der Waals surface area contributed by atoms with E-state index in [4.69, 9.17) is 18.9 Å². The van der Waals surface area contributed by atoms with Crippen molar-refractivity contribution >= 4 is 21.5 Å². The van der Waals surface area contributed by atoms with Crippen LogP contribution >= 0.6 is 0 Å². The molecule has 0 saturated heterocycles. The van der Waals surface area contributed by atoms with Crippen molar-refractivity contribution in [3.05, 3.63) is 36.4 Å². The van der Waals surface area contributed by atoms with Crippen molar-refractivity contribution in [3.63, 3.8) is 0 Å². The molecule has 0 aliphatic rings. The summed E-state index contributed by atoms with van der Waals surface area (Å²) in [5.74, 6) is 3.36. The highest BCUT2D eigenvalue weighted by Gasteiger charge is 2.17. The highest BCUT2D eigenvalue weighted by Crippen LogP contribution is 2.45. The first-order valence-corrected chi connectivity index (χ1v) is 9.28. The van der Waals surface area contributed by atoms with E-state index >= 15 is 0 Å². The van der Waals surface area contributed by atoms with Crippen molar-refractivity contribution in [2.45, 2.75) is 27.7 Å². The third kappa shape index (κ3) is 3.36. The number of rotatable bonds is 8. The number of hydrogen-bond acceptors (Lipinski definition) is 4. The predicted octanol–water partition coefficient (Wildman–Crippen LogP) is 5.59. The Labute approximate surface area is 154 Å². The third-order valence-electron chi connectivity index (χ3n) is 4.16. The second-order valence-electron chi connectivity index (χ2n) is 5.81. The Bertz CT molecular complexity index is 826. The van der Waals surface area contributed by atoms with E-state index in [0.29, 0.717) is 26.4 Å². The van der Waals surface area contributed by atoms with E-state index in [1.54, 1.807) is 0 Å². The maximum atomic E-state index is 6.05. The topological polar surface area (TPSA) is 36.9 Å². The molecular formula is C22H26O4. The second-order valence-corrected chi connectivity index (χ2v) is 5.81. The van der Waals surface area contributed by atoms with Gasteiger partial charge in [0.25, 0.3) is 0 Å². The van der Waals surface area contributed by atoms with Gasteiger partial charge in [0, 0.05) is 21.5 Å². The van der Waals surface area contributed by atoms with Crippen LogP contribution in [0.1, 0.15) is 27.7 Å². The summed E-state index contributed by atoms with van der Waals surface area (Å²) in [6.45, 7) is 10.4. The molecule has 3 aromatic carbocycles. The smallest absolute Gasteiger partial charge is 0.135 e. The van der Waals surface area contributed by atoms with Crippen molar-refractivity contribution < 1.29 is 18.9 Å². The van der Waals surface area contributed by atoms with Gasteiger partial charge in [-0.25, -0.2) is 0 Å². The molecule has 138 valence electrons. The molecule has 0 aliphatic heterocycles. The molecule has 0 amide bonds. The fourth-order valence-electron chi connectivity index (χ4n) is 3.22. The minimum absolute atomic E-state index is 0.588. The lowest BCUT2D eigenvalue weighted by Gasteiger charge is -2.18. The average Bonchev–Trinajstić information content (AvgIpc) is 2.65. The molecule has 0 aromatic heterocycles. The van der Waals surface area contributed by atoms with Crippen LogP contribution in [-0.2, 0) is 0 Å². The molecule has 3 rings (SSSR count). The summed E-state index contributed by atoms with van der Waals surface area (Å²) < 4.78 is 23.5. The zero-order valence-electron chi connectivity index (χ0n) is 15.9. The second kappa shape index (κ2) is 8.17. The van der Waals surface area contributed by atoms with Crippen LogP contribution in [0.4, 0.5) is 0 Å². The van der Waals surface area contributed by atoms with Crippen LogP contribution in [0.2, 0.25) is 0 Å². The summed E-state index contributed by atoms with van der Waals surface area (Å²) in [6.07, 6.45) is 0. The van der Waals surface area contributed by atoms with Crippen molar-refractivity contribution in [3.8, 4) is 23.0 Å². The Morgan fingerprint density at radius 2 is 0.885 bits per heavy atom. The maximum Gasteiger partial charge on any atom is 0.135 e. The molecule has 0 fully saturated rings. The number of ether oxygens (including phenoxy) is 4. The van der Waals surface area contributed by atoms with Crippen molar-refractivity contribution in [2.75, 3.05) is 26.4 Å². The first-order chi connectivity index (χ1) is 12.7. The molecule has 0 N–H and O–H groups in total. The van der Waals surface area contributed by atoms with Gasteiger partial charge in [-0.05, 0) is 64.1 Å². The summed E-state index contributed by atoms with van der Waals surface area (Å²) in [4.78, 5) is 0. The van der Waals surface area contributed by atoms with E-state index < -0.39 is 0 Å². The largest absolute Gasteiger partial charge is 0.494 e. The number of fused-ring (bicyclic) bond motifs is 2. The van der Waals surface area contributed by atoms with E-state index in [9.17, 15) is 0 Å². The van der Waals surface area contributed by atoms with Crippen molar-refractivity contribution in [2.24, 2.45) is 0 Å². The van der Waals surface area contributed by atoms with Crippen LogP contribution < -0.4 is 18.9 Å². The van der Waals surface area contributed by atoms with E-state index in [1.165, 1.54) is 0 Å². The van der Waals surface area contributed by atoms with Crippen LogP contribution in [0.5, 0.6) is 23.0 Å². The SMILES string of the molecule is CCOc1ccc2c(OCC)c3cc(OCC)ccc3c(OCC)c2c1. The quantitative estimate of drug-likeness (QED) is 0.494. The zero-order chi connectivity index (χ0) is 18.5. The van der Waals surface area contributed by atoms with Crippen LogP contribution in [0.25, 0.3) is 21.5 Å². The number of hydrogen-bond donors (Lipinski definition) is 0. The summed E-state index contributed by atoms with van der Waals surface area (Å²) in [5, 5.41) is 4.02. The summed E-state index contributed by atoms with van der Waals surface area (Å²) in [7, 11) is 0. The first kappa shape index (κ1) is 18.2. The fraction of sp³-hybridized carbons (Fsp3) is 0.364. The van der Waals surface area contributed by atoms with E-state index in [2.05, 4.69) is 0 Å². The molecule has 0 aliphatic carbocycles. The molecular weight excluding hydrogens is 328 g/mol. The molecule has 26 heavy (non-hydrogen) atoms. The molecule has 3 aromatic rings. The molecule has 0 spiro atoms. The molecule has 4 heteroatoms. The Morgan fingerprint density at radius 1 is 0.500 bits per heavy atom. The van der Waals surface area contributed by atoms with Gasteiger partial charge < -0.3 is 18.9 Å². The van der Waals surface area contributed by atoms with Gasteiger partial charge in [0.2, 0.25) is 0 Å². The molecule has 0 atom stereocenters. The number of benzene rings is 3. The summed E-state index contributed by atoms with van der Waals surface area (Å²) in [5.41, 5.74) is 0. The van der Waals surface area contributed by atoms with Gasteiger partial charge in [-0.3, -0.25) is 0 Å². The molecule has 0 heterocycles. The van der Waals surface area contributed by atoms with Crippen LogP contribution in [0.3, 0.4) is 0 Å². The maximum absolute atomic E-state index is 6.05. The van der Waals surface area contributed by atoms with Crippen LogP contribution in [0.15, 0.2) is 36.4 Å². The van der Waals surface area contributed by atoms with E-state index in [0.717, 1.165) is 44.5 Å². The Kier molecular flexibility index (Phi) is 5.71. The van der Waals surface area contributed by atoms with Gasteiger partial charge in [0.1, 0.15) is 23.0 Å². The highest BCUT2D eigenvalue weighted by molar-refractivity contribution is 6.11. The van der Waals surface area contributed by atoms with E-state index in [-0.39, 0.29) is 0 Å². The zero-order valence-corrected chi connectivity index (χ0v) is 15.9. The minimum atomic E-state index is 0.588. The van der Waals surface area contributed by atoms with Crippen LogP contribution in [-0.4, -0.2) is 26.4 Å². The van der Waals surface area contributed by atoms with Gasteiger partial charge in [-0.15, -0.1) is 0 Å². The van der Waals surface area contributed by atoms with Gasteiger partial charge >= 0.3 is 0 Å². The Balaban J connectivity index is 2.37. The molecule has 4 nitrogen and oxygen atoms in total. The van der Waals surface area contributed by atoms with Gasteiger partial charge in [-0.1, -0.05) is 0 Å². The van der Waals surface area contributed by atoms with Crippen LogP contribution in [0, 0.1) is 0 Å². The normalized spacial score (nSPS) is 10.9. The van der Waals surface area contributed by atoms with Gasteiger partial charge in [0.05, 0.1) is 26.4 Å². The fourth-order valence-corrected chi connectivity index (χ4v) is 3.22. The molecule has 0 unspecified atom stereocenters. The van der Waals surface area contributed by atoms with E-state index in [1.807, 2.05) is 64.1 Å². The lowest BCUT2D eigenvalue weighted by atomic mass is 10.00. The Hall–Kier alpha value is -2.62. The standard InChI is InChI=1S/C22H26O4/c1-5-23-15-9-11-17-19(13-15)21(25-7-3)18-12-10-16(24-6-2)14-20(18)22(17)26-8-4/h9-14H,5-8H2,1-4H3. The van der Waals surface area contributed by atoms with Gasteiger partial charge in [-0.2, -0.15) is 0 Å². The summed E-state index contributed by atoms with van der Waals surface area (Å²) in [6, 6.07) is 12.1. The van der Waals surface area contributed by atoms with Crippen molar-refractivity contribution in [1.82, 2.24) is 0 Å². The molecule has 0 radical (unpaired) electrons. The Morgan fingerprint density at radius 3 is 1.23 bits per heavy atom. The third-order valence-corrected chi connectivity index (χ3v) is 4.16. The first-order valence-electron chi connectivity index (χ1n) is 9.28. The minimum Gasteiger partial charge on any atom is -0.494 e. The van der Waals surface area contributed by atoms with Gasteiger partial charge in [0.15, 0.2) is 0 Å². The monoisotopic (exact) mass is 354 g/mol. The van der Waals surface area contributed by atoms with Crippen molar-refractivity contribution in [1.29, 1.82) is 0 Å².